The topological polar surface area (TPSA) is 48.3 Å². The van der Waals surface area contributed by atoms with Crippen LogP contribution < -0.4 is 10.2 Å². The number of ether oxygens (including phenoxy) is 1. The predicted octanol–water partition coefficient (Wildman–Crippen LogP) is 6.38. The Hall–Kier alpha value is -2.51. The molecule has 2 aromatic carbocycles. The highest BCUT2D eigenvalue weighted by Gasteiger charge is 2.34. The molecule has 1 aliphatic carbocycles. The van der Waals surface area contributed by atoms with E-state index in [1.54, 1.807) is 0 Å². The molecule has 1 N–H and O–H groups in total. The van der Waals surface area contributed by atoms with E-state index in [0.717, 1.165) is 38.3 Å². The Labute approximate surface area is 187 Å². The Balaban J connectivity index is 1.72. The molecule has 0 radical (unpaired) electrons. The largest absolute Gasteiger partial charge is 0.381 e. The molecule has 1 saturated heterocycles. The van der Waals surface area contributed by atoms with Crippen LogP contribution in [0.4, 0.5) is 17.1 Å². The van der Waals surface area contributed by atoms with Crippen LogP contribution in [0.25, 0.3) is 0 Å². The van der Waals surface area contributed by atoms with E-state index in [9.17, 15) is 0 Å². The lowest BCUT2D eigenvalue weighted by Gasteiger charge is -2.41. The van der Waals surface area contributed by atoms with Crippen molar-refractivity contribution in [3.63, 3.8) is 0 Å². The first-order valence-corrected chi connectivity index (χ1v) is 11.7. The van der Waals surface area contributed by atoms with E-state index in [4.69, 9.17) is 10.00 Å². The fraction of sp³-hybridized carbons (Fsp3) is 0.519. The zero-order valence-corrected chi connectivity index (χ0v) is 19.2. The van der Waals surface area contributed by atoms with Crippen LogP contribution in [-0.4, -0.2) is 25.8 Å². The van der Waals surface area contributed by atoms with Crippen LogP contribution in [0.3, 0.4) is 0 Å². The minimum absolute atomic E-state index is 0.293. The molecular weight excluding hydrogens is 382 g/mol. The fourth-order valence-electron chi connectivity index (χ4n) is 4.88. The average Bonchev–Trinajstić information content (AvgIpc) is 2.77. The predicted molar refractivity (Wildman–Crippen MR) is 128 cm³/mol. The van der Waals surface area contributed by atoms with Gasteiger partial charge in [0.2, 0.25) is 0 Å². The lowest BCUT2D eigenvalue weighted by atomic mass is 9.66. The van der Waals surface area contributed by atoms with Crippen molar-refractivity contribution in [2.75, 3.05) is 30.0 Å². The molecular formula is C27H35N3O. The third-order valence-corrected chi connectivity index (χ3v) is 6.95. The van der Waals surface area contributed by atoms with Crippen molar-refractivity contribution in [1.29, 1.82) is 5.26 Å². The molecule has 2 fully saturated rings. The molecule has 0 atom stereocenters. The molecule has 0 aromatic heterocycles. The zero-order chi connectivity index (χ0) is 21.8. The molecule has 0 unspecified atom stereocenters. The highest BCUT2D eigenvalue weighted by Crippen LogP contribution is 2.45. The highest BCUT2D eigenvalue weighted by atomic mass is 16.5. The van der Waals surface area contributed by atoms with Crippen molar-refractivity contribution < 1.29 is 4.74 Å². The number of hydrogen-bond acceptors (Lipinski definition) is 4. The van der Waals surface area contributed by atoms with Crippen molar-refractivity contribution in [3.8, 4) is 6.07 Å². The van der Waals surface area contributed by atoms with Crippen LogP contribution in [0.5, 0.6) is 0 Å². The monoisotopic (exact) mass is 417 g/mol. The molecule has 1 aliphatic heterocycles. The van der Waals surface area contributed by atoms with E-state index in [-0.39, 0.29) is 0 Å². The molecule has 31 heavy (non-hydrogen) atoms. The summed E-state index contributed by atoms with van der Waals surface area (Å²) >= 11 is 0. The Bertz CT molecular complexity index is 918. The van der Waals surface area contributed by atoms with Crippen LogP contribution in [0, 0.1) is 17.2 Å². The number of anilines is 3. The zero-order valence-electron chi connectivity index (χ0n) is 19.2. The summed E-state index contributed by atoms with van der Waals surface area (Å²) < 4.78 is 5.66. The van der Waals surface area contributed by atoms with Crippen molar-refractivity contribution in [1.82, 2.24) is 0 Å². The van der Waals surface area contributed by atoms with Gasteiger partial charge in [-0.05, 0) is 79.0 Å². The molecule has 4 heteroatoms. The summed E-state index contributed by atoms with van der Waals surface area (Å²) in [4.78, 5) is 2.60. The van der Waals surface area contributed by atoms with Gasteiger partial charge in [-0.3, -0.25) is 0 Å². The summed E-state index contributed by atoms with van der Waals surface area (Å²) in [6.07, 6.45) is 5.99. The molecule has 4 nitrogen and oxygen atoms in total. The maximum Gasteiger partial charge on any atom is 0.0991 e. The summed E-state index contributed by atoms with van der Waals surface area (Å²) in [5.74, 6) is 0.578. The van der Waals surface area contributed by atoms with Gasteiger partial charge in [0, 0.05) is 31.5 Å². The van der Waals surface area contributed by atoms with E-state index in [1.807, 2.05) is 24.3 Å². The number of rotatable bonds is 7. The second-order valence-electron chi connectivity index (χ2n) is 9.85. The van der Waals surface area contributed by atoms with Gasteiger partial charge in [0.05, 0.1) is 23.0 Å². The van der Waals surface area contributed by atoms with Crippen LogP contribution in [0.2, 0.25) is 0 Å². The SMILES string of the molecule is CC(C)CN(c1ccc(C2(C)CCC2)cc1Nc1ccc(C#N)cc1)C1CCOCC1. The van der Waals surface area contributed by atoms with Gasteiger partial charge in [0.25, 0.3) is 0 Å². The maximum atomic E-state index is 9.14. The molecule has 1 saturated carbocycles. The molecule has 2 aromatic rings. The van der Waals surface area contributed by atoms with Gasteiger partial charge in [-0.1, -0.05) is 33.3 Å². The first-order valence-electron chi connectivity index (χ1n) is 11.7. The van der Waals surface area contributed by atoms with Crippen LogP contribution in [-0.2, 0) is 10.2 Å². The van der Waals surface area contributed by atoms with Gasteiger partial charge in [-0.2, -0.15) is 5.26 Å². The highest BCUT2D eigenvalue weighted by molar-refractivity contribution is 5.77. The second kappa shape index (κ2) is 9.32. The maximum absolute atomic E-state index is 9.14. The Morgan fingerprint density at radius 2 is 1.84 bits per heavy atom. The first kappa shape index (κ1) is 21.7. The lowest BCUT2D eigenvalue weighted by Crippen LogP contribution is -2.42. The normalized spacial score (nSPS) is 18.3. The number of nitrogens with one attached hydrogen (secondary N) is 1. The van der Waals surface area contributed by atoms with Gasteiger partial charge in [-0.25, -0.2) is 0 Å². The van der Waals surface area contributed by atoms with Crippen LogP contribution in [0.1, 0.15) is 64.0 Å². The number of nitrogens with zero attached hydrogens (tertiary/aromatic N) is 2. The van der Waals surface area contributed by atoms with Crippen molar-refractivity contribution in [3.05, 3.63) is 53.6 Å². The van der Waals surface area contributed by atoms with E-state index in [1.165, 1.54) is 36.2 Å². The molecule has 0 bridgehead atoms. The minimum Gasteiger partial charge on any atom is -0.381 e. The molecule has 1 heterocycles. The Morgan fingerprint density at radius 1 is 1.13 bits per heavy atom. The van der Waals surface area contributed by atoms with Crippen molar-refractivity contribution in [2.45, 2.75) is 64.3 Å². The molecule has 164 valence electrons. The number of nitriles is 1. The lowest BCUT2D eigenvalue weighted by molar-refractivity contribution is 0.0839. The van der Waals surface area contributed by atoms with Gasteiger partial charge in [0.15, 0.2) is 0 Å². The quantitative estimate of drug-likeness (QED) is 0.567. The molecule has 4 rings (SSSR count). The number of benzene rings is 2. The van der Waals surface area contributed by atoms with E-state index < -0.39 is 0 Å². The van der Waals surface area contributed by atoms with Crippen molar-refractivity contribution >= 4 is 17.1 Å². The van der Waals surface area contributed by atoms with E-state index in [2.05, 4.69) is 55.3 Å². The van der Waals surface area contributed by atoms with E-state index in [0.29, 0.717) is 22.9 Å². The third kappa shape index (κ3) is 4.88. The smallest absolute Gasteiger partial charge is 0.0991 e. The fourth-order valence-corrected chi connectivity index (χ4v) is 4.88. The average molecular weight is 418 g/mol. The molecule has 0 spiro atoms. The minimum atomic E-state index is 0.293. The standard InChI is InChI=1S/C27H35N3O/c1-20(2)19-30(24-11-15-31-16-12-24)26-10-7-22(27(3)13-4-14-27)17-25(26)29-23-8-5-21(18-28)6-9-23/h5-10,17,20,24,29H,4,11-16,19H2,1-3H3. The molecule has 0 amide bonds. The number of hydrogen-bond donors (Lipinski definition) is 1. The van der Waals surface area contributed by atoms with Crippen molar-refractivity contribution in [2.24, 2.45) is 5.92 Å². The summed E-state index contributed by atoms with van der Waals surface area (Å²) in [6, 6.07) is 17.5. The Morgan fingerprint density at radius 3 is 2.42 bits per heavy atom. The second-order valence-corrected chi connectivity index (χ2v) is 9.85. The third-order valence-electron chi connectivity index (χ3n) is 6.95. The summed E-state index contributed by atoms with van der Waals surface area (Å²) in [5.41, 5.74) is 5.87. The first-order chi connectivity index (χ1) is 15.0. The van der Waals surface area contributed by atoms with Gasteiger partial charge < -0.3 is 15.0 Å². The van der Waals surface area contributed by atoms with Gasteiger partial charge in [-0.15, -0.1) is 0 Å². The van der Waals surface area contributed by atoms with Crippen LogP contribution >= 0.6 is 0 Å². The Kier molecular flexibility index (Phi) is 6.53. The van der Waals surface area contributed by atoms with Gasteiger partial charge in [0.1, 0.15) is 0 Å². The van der Waals surface area contributed by atoms with E-state index >= 15 is 0 Å². The molecule has 2 aliphatic rings. The summed E-state index contributed by atoms with van der Waals surface area (Å²) in [6.45, 7) is 9.69. The van der Waals surface area contributed by atoms with Crippen LogP contribution in [0.15, 0.2) is 42.5 Å². The van der Waals surface area contributed by atoms with Gasteiger partial charge >= 0.3 is 0 Å². The summed E-state index contributed by atoms with van der Waals surface area (Å²) in [7, 11) is 0. The summed E-state index contributed by atoms with van der Waals surface area (Å²) in [5, 5.41) is 12.8.